The van der Waals surface area contributed by atoms with Crippen LogP contribution in [0.1, 0.15) is 97.3 Å². The van der Waals surface area contributed by atoms with Crippen molar-refractivity contribution in [2.24, 2.45) is 41.2 Å². The summed E-state index contributed by atoms with van der Waals surface area (Å²) in [6.07, 6.45) is 11.9. The van der Waals surface area contributed by atoms with Crippen LogP contribution in [0.2, 0.25) is 0 Å². The van der Waals surface area contributed by atoms with Gasteiger partial charge in [0.25, 0.3) is 0 Å². The van der Waals surface area contributed by atoms with Gasteiger partial charge in [-0.1, -0.05) is 25.7 Å². The highest BCUT2D eigenvalue weighted by Crippen LogP contribution is 2.47. The van der Waals surface area contributed by atoms with Gasteiger partial charge < -0.3 is 30.4 Å². The molecule has 0 aromatic carbocycles. The van der Waals surface area contributed by atoms with Gasteiger partial charge in [-0.3, -0.25) is 9.59 Å². The van der Waals surface area contributed by atoms with Gasteiger partial charge in [0.2, 0.25) is 0 Å². The molecule has 0 aromatic heterocycles. The number of methoxy groups -OCH3 is 1. The SMILES string of the molecule is COC1CC(CCC(CC(OC(C)=O)C2CCC3CCCC2C3)OC(C)=O)C(C2CCNC(N)C2)CC1O. The lowest BCUT2D eigenvalue weighted by Crippen LogP contribution is -2.49. The van der Waals surface area contributed by atoms with E-state index in [0.29, 0.717) is 36.0 Å². The van der Waals surface area contributed by atoms with Crippen LogP contribution in [-0.2, 0) is 23.8 Å². The molecule has 0 aromatic rings. The first-order chi connectivity index (χ1) is 18.2. The van der Waals surface area contributed by atoms with Crippen LogP contribution < -0.4 is 11.1 Å². The Hall–Kier alpha value is -1.22. The Morgan fingerprint density at radius 1 is 0.974 bits per heavy atom. The predicted molar refractivity (Wildman–Crippen MR) is 145 cm³/mol. The van der Waals surface area contributed by atoms with Crippen molar-refractivity contribution in [1.29, 1.82) is 0 Å². The summed E-state index contributed by atoms with van der Waals surface area (Å²) in [4.78, 5) is 24.3. The van der Waals surface area contributed by atoms with Crippen molar-refractivity contribution in [2.75, 3.05) is 13.7 Å². The van der Waals surface area contributed by atoms with Gasteiger partial charge in [-0.15, -0.1) is 0 Å². The van der Waals surface area contributed by atoms with Gasteiger partial charge in [-0.2, -0.15) is 0 Å². The van der Waals surface area contributed by atoms with E-state index in [1.165, 1.54) is 46.0 Å². The third-order valence-electron chi connectivity index (χ3n) is 10.3. The number of rotatable bonds is 10. The number of aliphatic hydroxyl groups excluding tert-OH is 1. The van der Waals surface area contributed by atoms with Crippen LogP contribution in [0.25, 0.3) is 0 Å². The highest BCUT2D eigenvalue weighted by Gasteiger charge is 2.43. The summed E-state index contributed by atoms with van der Waals surface area (Å²) in [5.74, 6) is 2.42. The molecule has 1 saturated heterocycles. The van der Waals surface area contributed by atoms with Crippen molar-refractivity contribution < 1.29 is 28.9 Å². The first-order valence-corrected chi connectivity index (χ1v) is 15.3. The molecule has 3 aliphatic carbocycles. The average Bonchev–Trinajstić information content (AvgIpc) is 2.87. The number of nitrogens with two attached hydrogens (primary N) is 1. The van der Waals surface area contributed by atoms with Crippen LogP contribution in [0.4, 0.5) is 0 Å². The predicted octanol–water partition coefficient (Wildman–Crippen LogP) is 3.92. The lowest BCUT2D eigenvalue weighted by atomic mass is 9.64. The van der Waals surface area contributed by atoms with E-state index in [2.05, 4.69) is 5.32 Å². The molecule has 0 spiro atoms. The van der Waals surface area contributed by atoms with Crippen LogP contribution in [0.15, 0.2) is 0 Å². The maximum absolute atomic E-state index is 12.1. The molecule has 2 bridgehead atoms. The van der Waals surface area contributed by atoms with Gasteiger partial charge in [0.1, 0.15) is 12.2 Å². The van der Waals surface area contributed by atoms with Crippen molar-refractivity contribution in [2.45, 2.75) is 128 Å². The molecule has 4 fully saturated rings. The largest absolute Gasteiger partial charge is 0.462 e. The van der Waals surface area contributed by atoms with Crippen molar-refractivity contribution in [3.8, 4) is 0 Å². The van der Waals surface area contributed by atoms with Crippen LogP contribution in [0, 0.1) is 35.5 Å². The number of carbonyl (C=O) groups is 2. The van der Waals surface area contributed by atoms with E-state index in [1.54, 1.807) is 7.11 Å². The van der Waals surface area contributed by atoms with E-state index >= 15 is 0 Å². The van der Waals surface area contributed by atoms with Crippen LogP contribution in [-0.4, -0.2) is 61.3 Å². The maximum atomic E-state index is 12.1. The third kappa shape index (κ3) is 7.92. The topological polar surface area (TPSA) is 120 Å². The number of esters is 2. The molecule has 4 aliphatic rings. The zero-order valence-corrected chi connectivity index (χ0v) is 23.8. The second kappa shape index (κ2) is 13.9. The van der Waals surface area contributed by atoms with Gasteiger partial charge in [-0.05, 0) is 93.4 Å². The molecular formula is C30H52N2O6. The molecule has 4 N–H and O–H groups in total. The maximum Gasteiger partial charge on any atom is 0.302 e. The summed E-state index contributed by atoms with van der Waals surface area (Å²) in [5.41, 5.74) is 6.25. The number of nitrogens with one attached hydrogen (secondary N) is 1. The molecule has 1 heterocycles. The third-order valence-corrected chi connectivity index (χ3v) is 10.3. The summed E-state index contributed by atoms with van der Waals surface area (Å²) in [6.45, 7) is 3.87. The van der Waals surface area contributed by atoms with Crippen LogP contribution in [0.3, 0.4) is 0 Å². The number of piperidine rings is 1. The molecule has 0 amide bonds. The van der Waals surface area contributed by atoms with Crippen molar-refractivity contribution in [3.05, 3.63) is 0 Å². The molecule has 8 heteroatoms. The molecule has 11 atom stereocenters. The van der Waals surface area contributed by atoms with Crippen molar-refractivity contribution in [3.63, 3.8) is 0 Å². The Morgan fingerprint density at radius 2 is 1.76 bits per heavy atom. The number of hydrogen-bond donors (Lipinski definition) is 3. The number of hydrogen-bond acceptors (Lipinski definition) is 8. The van der Waals surface area contributed by atoms with Gasteiger partial charge in [0.15, 0.2) is 0 Å². The van der Waals surface area contributed by atoms with E-state index in [4.69, 9.17) is 19.9 Å². The Balaban J connectivity index is 1.45. The first-order valence-electron chi connectivity index (χ1n) is 15.3. The second-order valence-corrected chi connectivity index (χ2v) is 12.8. The molecular weight excluding hydrogens is 484 g/mol. The Morgan fingerprint density at radius 3 is 2.47 bits per heavy atom. The molecule has 218 valence electrons. The fraction of sp³-hybridized carbons (Fsp3) is 0.933. The van der Waals surface area contributed by atoms with Crippen molar-refractivity contribution >= 4 is 11.9 Å². The van der Waals surface area contributed by atoms with E-state index in [9.17, 15) is 14.7 Å². The highest BCUT2D eigenvalue weighted by molar-refractivity contribution is 5.66. The minimum atomic E-state index is -0.462. The molecule has 8 nitrogen and oxygen atoms in total. The lowest BCUT2D eigenvalue weighted by Gasteiger charge is -2.45. The highest BCUT2D eigenvalue weighted by atomic mass is 16.6. The molecule has 1 aliphatic heterocycles. The minimum absolute atomic E-state index is 0.000137. The number of fused-ring (bicyclic) bond motifs is 2. The van der Waals surface area contributed by atoms with E-state index in [0.717, 1.165) is 57.4 Å². The van der Waals surface area contributed by atoms with E-state index < -0.39 is 6.10 Å². The van der Waals surface area contributed by atoms with E-state index in [1.807, 2.05) is 0 Å². The second-order valence-electron chi connectivity index (χ2n) is 12.8. The number of carbonyl (C=O) groups excluding carboxylic acids is 2. The monoisotopic (exact) mass is 536 g/mol. The summed E-state index contributed by atoms with van der Waals surface area (Å²) < 4.78 is 17.5. The first kappa shape index (κ1) is 29.8. The normalized spacial score (nSPS) is 39.1. The van der Waals surface area contributed by atoms with Gasteiger partial charge >= 0.3 is 11.9 Å². The molecule has 3 saturated carbocycles. The molecule has 4 rings (SSSR count). The van der Waals surface area contributed by atoms with Gasteiger partial charge in [-0.25, -0.2) is 0 Å². The fourth-order valence-electron chi connectivity index (χ4n) is 8.57. The number of ether oxygens (including phenoxy) is 3. The standard InChI is InChI=1S/C30H52N2O6/c1-18(33)37-24(16-28(38-19(2)34)25-10-7-20-5-4-6-21(25)13-20)9-8-22-14-29(36-3)27(35)17-26(22)23-11-12-32-30(31)15-23/h20-30,32,35H,4-17,31H2,1-3H3. The summed E-state index contributed by atoms with van der Waals surface area (Å²) in [6, 6.07) is 0. The zero-order chi connectivity index (χ0) is 27.2. The molecule has 38 heavy (non-hydrogen) atoms. The Bertz CT molecular complexity index is 780. The summed E-state index contributed by atoms with van der Waals surface area (Å²) in [5, 5.41) is 14.1. The zero-order valence-electron chi connectivity index (χ0n) is 23.8. The number of aliphatic hydroxyl groups is 1. The van der Waals surface area contributed by atoms with Crippen molar-refractivity contribution in [1.82, 2.24) is 5.32 Å². The van der Waals surface area contributed by atoms with E-state index in [-0.39, 0.29) is 36.4 Å². The minimum Gasteiger partial charge on any atom is -0.462 e. The quantitative estimate of drug-likeness (QED) is 0.359. The lowest BCUT2D eigenvalue weighted by molar-refractivity contribution is -0.159. The van der Waals surface area contributed by atoms with Gasteiger partial charge in [0.05, 0.1) is 18.4 Å². The Labute approximate surface area is 229 Å². The fourth-order valence-corrected chi connectivity index (χ4v) is 8.57. The summed E-state index contributed by atoms with van der Waals surface area (Å²) in [7, 11) is 1.68. The molecule has 11 unspecified atom stereocenters. The van der Waals surface area contributed by atoms with Crippen LogP contribution >= 0.6 is 0 Å². The Kier molecular flexibility index (Phi) is 10.9. The average molecular weight is 537 g/mol. The molecule has 0 radical (unpaired) electrons. The van der Waals surface area contributed by atoms with Crippen LogP contribution in [0.5, 0.6) is 0 Å². The smallest absolute Gasteiger partial charge is 0.302 e. The van der Waals surface area contributed by atoms with Gasteiger partial charge in [0, 0.05) is 27.4 Å². The summed E-state index contributed by atoms with van der Waals surface area (Å²) >= 11 is 0.